The number of aliphatic hydroxyl groups excluding tert-OH is 1. The number of methoxy groups -OCH3 is 1. The second kappa shape index (κ2) is 7.75. The maximum Gasteiger partial charge on any atom is 0.208 e. The van der Waals surface area contributed by atoms with Crippen LogP contribution in [0.25, 0.3) is 33.7 Å². The summed E-state index contributed by atoms with van der Waals surface area (Å²) in [6.07, 6.45) is 0. The van der Waals surface area contributed by atoms with Crippen molar-refractivity contribution in [2.45, 2.75) is 5.16 Å². The van der Waals surface area contributed by atoms with Crippen LogP contribution in [-0.2, 0) is 0 Å². The molecule has 8 heteroatoms. The minimum atomic E-state index is 0.0822. The summed E-state index contributed by atoms with van der Waals surface area (Å²) < 4.78 is 12.2. The molecule has 6 nitrogen and oxygen atoms in total. The number of hydrogen-bond donors (Lipinski definition) is 2. The van der Waals surface area contributed by atoms with E-state index in [9.17, 15) is 0 Å². The Labute approximate surface area is 168 Å². The third-order valence-electron chi connectivity index (χ3n) is 4.02. The average Bonchev–Trinajstić information content (AvgIpc) is 3.32. The molecule has 0 amide bonds. The maximum atomic E-state index is 8.90. The molecule has 138 valence electrons. The zero-order chi connectivity index (χ0) is 18.8. The fourth-order valence-electron chi connectivity index (χ4n) is 2.73. The van der Waals surface area contributed by atoms with Crippen molar-refractivity contribution >= 4 is 38.5 Å². The van der Waals surface area contributed by atoms with Gasteiger partial charge in [0.25, 0.3) is 0 Å². The number of ether oxygens (including phenoxy) is 1. The molecule has 0 aliphatic carbocycles. The highest BCUT2D eigenvalue weighted by molar-refractivity contribution is 9.10. The maximum absolute atomic E-state index is 8.90. The number of aromatic nitrogens is 3. The van der Waals surface area contributed by atoms with Crippen molar-refractivity contribution in [2.24, 2.45) is 0 Å². The quantitative estimate of drug-likeness (QED) is 0.417. The highest BCUT2D eigenvalue weighted by Crippen LogP contribution is 2.36. The number of furan rings is 1. The number of thioether (sulfide) groups is 1. The first-order chi connectivity index (χ1) is 13.2. The summed E-state index contributed by atoms with van der Waals surface area (Å²) in [6.45, 7) is 0.0822. The molecule has 4 rings (SSSR count). The number of aliphatic hydroxyl groups is 1. The van der Waals surface area contributed by atoms with E-state index < -0.39 is 0 Å². The lowest BCUT2D eigenvalue weighted by Crippen LogP contribution is -1.86. The molecule has 0 saturated heterocycles. The van der Waals surface area contributed by atoms with E-state index in [2.05, 4.69) is 37.2 Å². The number of benzene rings is 2. The van der Waals surface area contributed by atoms with Crippen LogP contribution in [0, 0.1) is 0 Å². The van der Waals surface area contributed by atoms with Crippen molar-refractivity contribution in [2.75, 3.05) is 19.5 Å². The monoisotopic (exact) mass is 445 g/mol. The SMILES string of the molecule is COc1ccc2cc(-c3oc(-c4nc(SCCO)n[nH]4)cc3Br)ccc2c1. The Morgan fingerprint density at radius 2 is 2.00 bits per heavy atom. The van der Waals surface area contributed by atoms with E-state index >= 15 is 0 Å². The molecule has 0 fully saturated rings. The van der Waals surface area contributed by atoms with Gasteiger partial charge in [-0.3, -0.25) is 5.10 Å². The van der Waals surface area contributed by atoms with Gasteiger partial charge in [0.1, 0.15) is 11.5 Å². The van der Waals surface area contributed by atoms with Gasteiger partial charge in [0.15, 0.2) is 11.6 Å². The van der Waals surface area contributed by atoms with Crippen LogP contribution in [0.4, 0.5) is 0 Å². The predicted octanol–water partition coefficient (Wildman–Crippen LogP) is 4.74. The molecule has 0 unspecified atom stereocenters. The van der Waals surface area contributed by atoms with E-state index in [-0.39, 0.29) is 6.61 Å². The number of H-pyrrole nitrogens is 1. The van der Waals surface area contributed by atoms with Crippen LogP contribution < -0.4 is 4.74 Å². The van der Waals surface area contributed by atoms with Gasteiger partial charge < -0.3 is 14.3 Å². The van der Waals surface area contributed by atoms with Crippen molar-refractivity contribution in [1.82, 2.24) is 15.2 Å². The molecular formula is C19H16BrN3O3S. The smallest absolute Gasteiger partial charge is 0.208 e. The standard InChI is InChI=1S/C19H16BrN3O3S/c1-25-14-5-4-11-8-13(3-2-12(11)9-14)17-15(20)10-16(26-17)18-21-19(23-22-18)27-7-6-24/h2-5,8-10,24H,6-7H2,1H3,(H,21,22,23). The van der Waals surface area contributed by atoms with E-state index in [1.807, 2.05) is 36.4 Å². The second-order valence-electron chi connectivity index (χ2n) is 5.75. The first kappa shape index (κ1) is 18.1. The molecule has 0 spiro atoms. The van der Waals surface area contributed by atoms with Crippen molar-refractivity contribution in [3.8, 4) is 28.7 Å². The number of hydrogen-bond acceptors (Lipinski definition) is 6. The zero-order valence-corrected chi connectivity index (χ0v) is 16.8. The van der Waals surface area contributed by atoms with E-state index in [1.165, 1.54) is 11.8 Å². The lowest BCUT2D eigenvalue weighted by Gasteiger charge is -2.04. The minimum Gasteiger partial charge on any atom is -0.497 e. The number of aromatic amines is 1. The minimum absolute atomic E-state index is 0.0822. The molecule has 0 atom stereocenters. The van der Waals surface area contributed by atoms with Gasteiger partial charge in [-0.25, -0.2) is 0 Å². The first-order valence-corrected chi connectivity index (χ1v) is 10.00. The number of halogens is 1. The van der Waals surface area contributed by atoms with Crippen LogP contribution in [0.1, 0.15) is 0 Å². The van der Waals surface area contributed by atoms with Crippen LogP contribution in [0.2, 0.25) is 0 Å². The fourth-order valence-corrected chi connectivity index (χ4v) is 3.79. The zero-order valence-electron chi connectivity index (χ0n) is 14.4. The van der Waals surface area contributed by atoms with Crippen LogP contribution in [0.5, 0.6) is 5.75 Å². The predicted molar refractivity (Wildman–Crippen MR) is 109 cm³/mol. The highest BCUT2D eigenvalue weighted by atomic mass is 79.9. The summed E-state index contributed by atoms with van der Waals surface area (Å²) in [6, 6.07) is 14.0. The van der Waals surface area contributed by atoms with Crippen LogP contribution in [0.15, 0.2) is 56.5 Å². The summed E-state index contributed by atoms with van der Waals surface area (Å²) in [5.74, 6) is 3.25. The van der Waals surface area contributed by atoms with Crippen LogP contribution in [-0.4, -0.2) is 39.8 Å². The molecule has 0 saturated carbocycles. The second-order valence-corrected chi connectivity index (χ2v) is 7.67. The highest BCUT2D eigenvalue weighted by Gasteiger charge is 2.16. The molecule has 4 aromatic rings. The van der Waals surface area contributed by atoms with Gasteiger partial charge in [-0.1, -0.05) is 30.0 Å². The Kier molecular flexibility index (Phi) is 5.20. The molecule has 2 N–H and O–H groups in total. The third-order valence-corrected chi connectivity index (χ3v) is 5.43. The van der Waals surface area contributed by atoms with Gasteiger partial charge in [0.2, 0.25) is 5.16 Å². The van der Waals surface area contributed by atoms with E-state index in [4.69, 9.17) is 14.3 Å². The molecule has 0 aliphatic heterocycles. The topological polar surface area (TPSA) is 84.2 Å². The molecule has 0 aliphatic rings. The Morgan fingerprint density at radius 3 is 2.81 bits per heavy atom. The van der Waals surface area contributed by atoms with Gasteiger partial charge >= 0.3 is 0 Å². The van der Waals surface area contributed by atoms with Gasteiger partial charge in [0.05, 0.1) is 18.2 Å². The molecule has 2 aromatic carbocycles. The average molecular weight is 446 g/mol. The van der Waals surface area contributed by atoms with Gasteiger partial charge in [0, 0.05) is 17.4 Å². The molecule has 0 bridgehead atoms. The van der Waals surface area contributed by atoms with Crippen molar-refractivity contribution in [3.05, 3.63) is 46.9 Å². The fraction of sp³-hybridized carbons (Fsp3) is 0.158. The summed E-state index contributed by atoms with van der Waals surface area (Å²) in [5, 5.41) is 18.7. The summed E-state index contributed by atoms with van der Waals surface area (Å²) in [7, 11) is 1.66. The van der Waals surface area contributed by atoms with Gasteiger partial charge in [-0.15, -0.1) is 5.10 Å². The largest absolute Gasteiger partial charge is 0.497 e. The van der Waals surface area contributed by atoms with Gasteiger partial charge in [-0.2, -0.15) is 4.98 Å². The molecular weight excluding hydrogens is 430 g/mol. The number of nitrogens with zero attached hydrogens (tertiary/aromatic N) is 2. The Balaban J connectivity index is 1.66. The lowest BCUT2D eigenvalue weighted by atomic mass is 10.1. The number of fused-ring (bicyclic) bond motifs is 1. The Morgan fingerprint density at radius 1 is 1.19 bits per heavy atom. The summed E-state index contributed by atoms with van der Waals surface area (Å²) in [5.41, 5.74) is 0.959. The Hall–Kier alpha value is -2.29. The van der Waals surface area contributed by atoms with Gasteiger partial charge in [-0.05, 0) is 44.9 Å². The molecule has 27 heavy (non-hydrogen) atoms. The van der Waals surface area contributed by atoms with E-state index in [0.717, 1.165) is 32.3 Å². The Bertz CT molecular complexity index is 1090. The van der Waals surface area contributed by atoms with E-state index in [0.29, 0.717) is 22.5 Å². The number of nitrogens with one attached hydrogen (secondary N) is 1. The first-order valence-electron chi connectivity index (χ1n) is 8.22. The van der Waals surface area contributed by atoms with Crippen LogP contribution >= 0.6 is 27.7 Å². The summed E-state index contributed by atoms with van der Waals surface area (Å²) >= 11 is 4.95. The molecule has 2 aromatic heterocycles. The van der Waals surface area contributed by atoms with Crippen molar-refractivity contribution < 1.29 is 14.3 Å². The van der Waals surface area contributed by atoms with Crippen LogP contribution in [0.3, 0.4) is 0 Å². The molecule has 0 radical (unpaired) electrons. The normalized spacial score (nSPS) is 11.2. The van der Waals surface area contributed by atoms with Crippen molar-refractivity contribution in [1.29, 1.82) is 0 Å². The summed E-state index contributed by atoms with van der Waals surface area (Å²) in [4.78, 5) is 4.39. The van der Waals surface area contributed by atoms with E-state index in [1.54, 1.807) is 7.11 Å². The lowest BCUT2D eigenvalue weighted by molar-refractivity contribution is 0.322. The molecule has 2 heterocycles. The number of rotatable bonds is 6. The third kappa shape index (κ3) is 3.73. The van der Waals surface area contributed by atoms with Crippen molar-refractivity contribution in [3.63, 3.8) is 0 Å².